The minimum Gasteiger partial charge on any atom is -0.492 e. The van der Waals surface area contributed by atoms with Gasteiger partial charge in [-0.25, -0.2) is 0 Å². The number of hydrogen-bond acceptors (Lipinski definition) is 3. The van der Waals surface area contributed by atoms with Crippen LogP contribution in [-0.4, -0.2) is 18.9 Å². The molecule has 1 aromatic rings. The zero-order valence-electron chi connectivity index (χ0n) is 9.17. The third-order valence-corrected chi connectivity index (χ3v) is 2.45. The van der Waals surface area contributed by atoms with Crippen molar-refractivity contribution >= 4 is 11.9 Å². The van der Waals surface area contributed by atoms with E-state index in [1.54, 1.807) is 18.2 Å². The van der Waals surface area contributed by atoms with Crippen LogP contribution in [0.25, 0.3) is 16.5 Å². The molecule has 17 heavy (non-hydrogen) atoms. The maximum atomic E-state index is 11.6. The smallest absolute Gasteiger partial charge is 0.170 e. The third kappa shape index (κ3) is 2.65. The maximum Gasteiger partial charge on any atom is 0.170 e. The predicted molar refractivity (Wildman–Crippen MR) is 63.9 cm³/mol. The summed E-state index contributed by atoms with van der Waals surface area (Å²) in [6, 6.07) is 5.45. The summed E-state index contributed by atoms with van der Waals surface area (Å²) < 4.78 is 5.38. The topological polar surface area (TPSA) is 75.1 Å². The van der Waals surface area contributed by atoms with Gasteiger partial charge in [-0.15, -0.1) is 0 Å². The van der Waals surface area contributed by atoms with E-state index in [0.29, 0.717) is 30.9 Å². The molecule has 0 atom stereocenters. The molecule has 0 aromatic heterocycles. The lowest BCUT2D eigenvalue weighted by atomic mass is 10.0. The van der Waals surface area contributed by atoms with Crippen molar-refractivity contribution in [2.24, 2.45) is 5.11 Å². The molecule has 0 N–H and O–H groups in total. The zero-order valence-corrected chi connectivity index (χ0v) is 9.17. The minimum absolute atomic E-state index is 0.108. The Labute approximate surface area is 98.3 Å². The highest BCUT2D eigenvalue weighted by Crippen LogP contribution is 2.25. The van der Waals surface area contributed by atoms with Crippen LogP contribution in [0.2, 0.25) is 0 Å². The Kier molecular flexibility index (Phi) is 3.43. The fourth-order valence-electron chi connectivity index (χ4n) is 1.66. The zero-order chi connectivity index (χ0) is 12.1. The van der Waals surface area contributed by atoms with E-state index in [-0.39, 0.29) is 5.78 Å². The first kappa shape index (κ1) is 11.2. The summed E-state index contributed by atoms with van der Waals surface area (Å²) in [5.74, 6) is 0.755. The normalized spacial score (nSPS) is 14.0. The van der Waals surface area contributed by atoms with Crippen molar-refractivity contribution in [1.29, 1.82) is 0 Å². The lowest BCUT2D eigenvalue weighted by Gasteiger charge is -2.16. The predicted octanol–water partition coefficient (Wildman–Crippen LogP) is 2.98. The van der Waals surface area contributed by atoms with E-state index in [9.17, 15) is 4.79 Å². The lowest BCUT2D eigenvalue weighted by Crippen LogP contribution is -2.15. The first-order valence-electron chi connectivity index (χ1n) is 5.28. The molecule has 0 saturated heterocycles. The standard InChI is InChI=1S/C12H11N3O2/c13-15-14-6-1-2-9-3-4-12-10(8-9)11(16)5-7-17-12/h1-4,8H,5-7H2. The van der Waals surface area contributed by atoms with Gasteiger partial charge in [-0.05, 0) is 23.2 Å². The summed E-state index contributed by atoms with van der Waals surface area (Å²) in [5.41, 5.74) is 9.65. The van der Waals surface area contributed by atoms with Crippen LogP contribution >= 0.6 is 0 Å². The van der Waals surface area contributed by atoms with Crippen LogP contribution in [0, 0.1) is 0 Å². The molecule has 1 aromatic carbocycles. The van der Waals surface area contributed by atoms with Crippen molar-refractivity contribution in [2.75, 3.05) is 13.2 Å². The fraction of sp³-hybridized carbons (Fsp3) is 0.250. The summed E-state index contributed by atoms with van der Waals surface area (Å²) in [5, 5.41) is 3.39. The van der Waals surface area contributed by atoms with Gasteiger partial charge in [-0.3, -0.25) is 4.79 Å². The van der Waals surface area contributed by atoms with Gasteiger partial charge in [0.2, 0.25) is 0 Å². The Morgan fingerprint density at radius 1 is 1.53 bits per heavy atom. The van der Waals surface area contributed by atoms with Crippen molar-refractivity contribution in [3.63, 3.8) is 0 Å². The molecular formula is C12H11N3O2. The van der Waals surface area contributed by atoms with Crippen LogP contribution < -0.4 is 4.74 Å². The molecule has 0 bridgehead atoms. The second-order valence-corrected chi connectivity index (χ2v) is 3.59. The summed E-state index contributed by atoms with van der Waals surface area (Å²) in [6.07, 6.45) is 3.99. The van der Waals surface area contributed by atoms with Gasteiger partial charge in [0.1, 0.15) is 5.75 Å². The molecular weight excluding hydrogens is 218 g/mol. The van der Waals surface area contributed by atoms with Crippen LogP contribution in [0.4, 0.5) is 0 Å². The van der Waals surface area contributed by atoms with E-state index in [0.717, 1.165) is 5.56 Å². The Hall–Kier alpha value is -2.26. The molecule has 1 aliphatic heterocycles. The number of carbonyl (C=O) groups excluding carboxylic acids is 1. The molecule has 0 saturated carbocycles. The molecule has 0 amide bonds. The number of ketones is 1. The van der Waals surface area contributed by atoms with E-state index in [4.69, 9.17) is 10.3 Å². The number of hydrogen-bond donors (Lipinski definition) is 0. The molecule has 1 heterocycles. The number of fused-ring (bicyclic) bond motifs is 1. The molecule has 0 unspecified atom stereocenters. The molecule has 0 fully saturated rings. The van der Waals surface area contributed by atoms with E-state index < -0.39 is 0 Å². The first-order valence-corrected chi connectivity index (χ1v) is 5.28. The Balaban J connectivity index is 2.20. The molecule has 86 valence electrons. The second-order valence-electron chi connectivity index (χ2n) is 3.59. The number of azide groups is 1. The van der Waals surface area contributed by atoms with Crippen LogP contribution in [0.1, 0.15) is 22.3 Å². The van der Waals surface area contributed by atoms with Crippen LogP contribution in [0.15, 0.2) is 29.4 Å². The highest BCUT2D eigenvalue weighted by Gasteiger charge is 2.17. The van der Waals surface area contributed by atoms with Crippen LogP contribution in [-0.2, 0) is 0 Å². The number of ether oxygens (including phenoxy) is 1. The van der Waals surface area contributed by atoms with E-state index in [1.807, 2.05) is 12.1 Å². The second kappa shape index (κ2) is 5.18. The molecule has 5 nitrogen and oxygen atoms in total. The molecule has 0 aliphatic carbocycles. The number of carbonyl (C=O) groups is 1. The maximum absolute atomic E-state index is 11.6. The number of Topliss-reactive ketones (excluding diaryl/α,β-unsaturated/α-hetero) is 1. The molecule has 0 radical (unpaired) electrons. The monoisotopic (exact) mass is 229 g/mol. The Morgan fingerprint density at radius 3 is 3.24 bits per heavy atom. The fourth-order valence-corrected chi connectivity index (χ4v) is 1.66. The summed E-state index contributed by atoms with van der Waals surface area (Å²) in [4.78, 5) is 14.3. The molecule has 5 heteroatoms. The summed E-state index contributed by atoms with van der Waals surface area (Å²) in [7, 11) is 0. The number of benzene rings is 1. The van der Waals surface area contributed by atoms with Gasteiger partial charge in [0.15, 0.2) is 5.78 Å². The minimum atomic E-state index is 0.108. The van der Waals surface area contributed by atoms with Gasteiger partial charge in [0, 0.05) is 17.9 Å². The van der Waals surface area contributed by atoms with Crippen molar-refractivity contribution in [2.45, 2.75) is 6.42 Å². The summed E-state index contributed by atoms with van der Waals surface area (Å²) in [6.45, 7) is 0.760. The third-order valence-electron chi connectivity index (χ3n) is 2.45. The number of nitrogens with zero attached hydrogens (tertiary/aromatic N) is 3. The van der Waals surface area contributed by atoms with Crippen molar-refractivity contribution in [1.82, 2.24) is 0 Å². The molecule has 2 rings (SSSR count). The van der Waals surface area contributed by atoms with Gasteiger partial charge >= 0.3 is 0 Å². The largest absolute Gasteiger partial charge is 0.492 e. The van der Waals surface area contributed by atoms with Gasteiger partial charge in [-0.1, -0.05) is 23.3 Å². The Morgan fingerprint density at radius 2 is 2.41 bits per heavy atom. The quantitative estimate of drug-likeness (QED) is 0.454. The van der Waals surface area contributed by atoms with Gasteiger partial charge in [-0.2, -0.15) is 0 Å². The van der Waals surface area contributed by atoms with E-state index in [2.05, 4.69) is 10.0 Å². The van der Waals surface area contributed by atoms with Gasteiger partial charge in [0.05, 0.1) is 12.2 Å². The highest BCUT2D eigenvalue weighted by atomic mass is 16.5. The van der Waals surface area contributed by atoms with E-state index in [1.165, 1.54) is 0 Å². The average Bonchev–Trinajstić information content (AvgIpc) is 2.36. The molecule has 0 spiro atoms. The average molecular weight is 229 g/mol. The first-order chi connectivity index (χ1) is 8.31. The highest BCUT2D eigenvalue weighted by molar-refractivity contribution is 6.00. The van der Waals surface area contributed by atoms with Gasteiger partial charge in [0.25, 0.3) is 0 Å². The lowest BCUT2D eigenvalue weighted by molar-refractivity contribution is 0.0933. The van der Waals surface area contributed by atoms with E-state index >= 15 is 0 Å². The Bertz CT molecular complexity index is 516. The summed E-state index contributed by atoms with van der Waals surface area (Å²) >= 11 is 0. The van der Waals surface area contributed by atoms with Gasteiger partial charge < -0.3 is 4.74 Å². The van der Waals surface area contributed by atoms with Crippen LogP contribution in [0.3, 0.4) is 0 Å². The van der Waals surface area contributed by atoms with Crippen molar-refractivity contribution < 1.29 is 9.53 Å². The van der Waals surface area contributed by atoms with Crippen molar-refractivity contribution in [3.05, 3.63) is 45.8 Å². The SMILES string of the molecule is [N-]=[N+]=NCC=Cc1ccc2c(c1)C(=O)CCO2. The van der Waals surface area contributed by atoms with Crippen LogP contribution in [0.5, 0.6) is 5.75 Å². The molecule has 1 aliphatic rings. The van der Waals surface area contributed by atoms with Crippen molar-refractivity contribution in [3.8, 4) is 5.75 Å². The number of rotatable bonds is 3.